The number of esters is 3. The van der Waals surface area contributed by atoms with Crippen molar-refractivity contribution in [1.82, 2.24) is 0 Å². The first-order chi connectivity index (χ1) is 38.5. The predicted molar refractivity (Wildman–Crippen MR) is 339 cm³/mol. The number of unbranched alkanes of at least 4 members (excludes halogenated alkanes) is 33. The van der Waals surface area contributed by atoms with Crippen LogP contribution in [0.3, 0.4) is 0 Å². The van der Waals surface area contributed by atoms with Gasteiger partial charge in [-0.25, -0.2) is 0 Å². The van der Waals surface area contributed by atoms with Crippen LogP contribution in [0.1, 0.15) is 323 Å². The minimum Gasteiger partial charge on any atom is -0.462 e. The summed E-state index contributed by atoms with van der Waals surface area (Å²) >= 11 is 0. The summed E-state index contributed by atoms with van der Waals surface area (Å²) in [7, 11) is 0. The van der Waals surface area contributed by atoms with Crippen molar-refractivity contribution in [3.8, 4) is 0 Å². The van der Waals surface area contributed by atoms with Crippen LogP contribution < -0.4 is 0 Å². The lowest BCUT2D eigenvalue weighted by Crippen LogP contribution is -2.30. The maximum Gasteiger partial charge on any atom is 0.306 e. The Kier molecular flexibility index (Phi) is 62.7. The third-order valence-electron chi connectivity index (χ3n) is 14.3. The summed E-state index contributed by atoms with van der Waals surface area (Å²) in [5, 5.41) is 0. The first kappa shape index (κ1) is 74.3. The molecule has 0 spiro atoms. The molecule has 1 unspecified atom stereocenters. The molecule has 0 bridgehead atoms. The Labute approximate surface area is 483 Å². The Balaban J connectivity index is 4.34. The number of ether oxygens (including phenoxy) is 3. The molecule has 0 radical (unpaired) electrons. The average Bonchev–Trinajstić information content (AvgIpc) is 3.44. The third-order valence-corrected chi connectivity index (χ3v) is 14.3. The fourth-order valence-electron chi connectivity index (χ4n) is 9.32. The molecule has 0 aliphatic carbocycles. The first-order valence-electron chi connectivity index (χ1n) is 33.2. The molecule has 0 N–H and O–H groups in total. The van der Waals surface area contributed by atoms with Gasteiger partial charge in [-0.3, -0.25) is 14.4 Å². The molecule has 1 atom stereocenters. The van der Waals surface area contributed by atoms with Crippen molar-refractivity contribution in [2.24, 2.45) is 0 Å². The number of hydrogen-bond acceptors (Lipinski definition) is 6. The molecule has 448 valence electrons. The summed E-state index contributed by atoms with van der Waals surface area (Å²) in [5.74, 6) is -0.893. The van der Waals surface area contributed by atoms with E-state index in [0.29, 0.717) is 19.3 Å². The number of allylic oxidation sites excluding steroid dienone is 16. The van der Waals surface area contributed by atoms with Gasteiger partial charge in [0.1, 0.15) is 13.2 Å². The fraction of sp³-hybridized carbons (Fsp3) is 0.736. The van der Waals surface area contributed by atoms with Gasteiger partial charge in [0, 0.05) is 19.3 Å². The second-order valence-corrected chi connectivity index (χ2v) is 22.0. The standard InChI is InChI=1S/C72H124O6/c1-4-7-10-13-16-19-22-25-28-31-32-33-34-35-36-37-38-39-40-42-44-47-50-53-56-59-62-65-71(74)77-68-69(67-76-70(73)64-61-58-55-52-49-46-43-30-27-24-21-18-15-12-9-6-3)78-72(75)66-63-60-57-54-51-48-45-41-29-26-23-20-17-14-11-8-5-2/h7,10,16,19,21,24-26,28-30,32-33,35-36,43,69H,4-6,8-9,11-15,17-18,20,22-23,27,31,34,37-42,44-68H2,1-3H3/b10-7-,19-16-,24-21-,28-25-,29-26-,33-32-,36-35-,43-30-. The fourth-order valence-corrected chi connectivity index (χ4v) is 9.32. The minimum absolute atomic E-state index is 0.0841. The number of rotatable bonds is 60. The van der Waals surface area contributed by atoms with Crippen LogP contribution in [0.5, 0.6) is 0 Å². The van der Waals surface area contributed by atoms with E-state index in [9.17, 15) is 14.4 Å². The molecule has 0 aliphatic heterocycles. The number of carbonyl (C=O) groups excluding carboxylic acids is 3. The minimum atomic E-state index is -0.788. The van der Waals surface area contributed by atoms with Crippen molar-refractivity contribution in [3.05, 3.63) is 97.2 Å². The van der Waals surface area contributed by atoms with E-state index in [1.54, 1.807) is 0 Å². The Morgan fingerprint density at radius 3 is 0.808 bits per heavy atom. The van der Waals surface area contributed by atoms with E-state index in [1.165, 1.54) is 173 Å². The van der Waals surface area contributed by atoms with Crippen LogP contribution in [0, 0.1) is 0 Å². The summed E-state index contributed by atoms with van der Waals surface area (Å²) in [6, 6.07) is 0. The van der Waals surface area contributed by atoms with Gasteiger partial charge in [-0.2, -0.15) is 0 Å². The second-order valence-electron chi connectivity index (χ2n) is 22.0. The van der Waals surface area contributed by atoms with E-state index >= 15 is 0 Å². The molecule has 0 amide bonds. The van der Waals surface area contributed by atoms with Crippen molar-refractivity contribution in [3.63, 3.8) is 0 Å². The van der Waals surface area contributed by atoms with Gasteiger partial charge in [0.2, 0.25) is 0 Å². The zero-order valence-corrected chi connectivity index (χ0v) is 51.4. The van der Waals surface area contributed by atoms with E-state index < -0.39 is 6.10 Å². The van der Waals surface area contributed by atoms with Gasteiger partial charge in [-0.15, -0.1) is 0 Å². The molecule has 0 fully saturated rings. The molecular formula is C72H124O6. The summed E-state index contributed by atoms with van der Waals surface area (Å²) < 4.78 is 16.9. The van der Waals surface area contributed by atoms with Crippen LogP contribution in [0.25, 0.3) is 0 Å². The van der Waals surface area contributed by atoms with Crippen molar-refractivity contribution >= 4 is 17.9 Å². The molecule has 0 rings (SSSR count). The van der Waals surface area contributed by atoms with Crippen molar-refractivity contribution < 1.29 is 28.6 Å². The molecule has 0 aromatic rings. The summed E-state index contributed by atoms with van der Waals surface area (Å²) in [6.45, 7) is 6.52. The maximum atomic E-state index is 12.9. The second kappa shape index (κ2) is 65.8. The van der Waals surface area contributed by atoms with Crippen molar-refractivity contribution in [2.75, 3.05) is 13.2 Å². The highest BCUT2D eigenvalue weighted by molar-refractivity contribution is 5.71. The highest BCUT2D eigenvalue weighted by Crippen LogP contribution is 2.16. The van der Waals surface area contributed by atoms with E-state index in [0.717, 1.165) is 109 Å². The lowest BCUT2D eigenvalue weighted by Gasteiger charge is -2.18. The molecule has 6 nitrogen and oxygen atoms in total. The molecule has 0 saturated heterocycles. The molecule has 78 heavy (non-hydrogen) atoms. The number of hydrogen-bond donors (Lipinski definition) is 0. The molecular weight excluding hydrogens is 961 g/mol. The van der Waals surface area contributed by atoms with Gasteiger partial charge < -0.3 is 14.2 Å². The summed E-state index contributed by atoms with van der Waals surface area (Å²) in [6.07, 6.45) is 88.4. The Bertz CT molecular complexity index is 1530. The van der Waals surface area contributed by atoms with Gasteiger partial charge in [-0.05, 0) is 122 Å². The van der Waals surface area contributed by atoms with E-state index in [2.05, 4.69) is 118 Å². The van der Waals surface area contributed by atoms with Crippen LogP contribution in [0.15, 0.2) is 97.2 Å². The van der Waals surface area contributed by atoms with Gasteiger partial charge in [0.05, 0.1) is 0 Å². The number of carbonyl (C=O) groups is 3. The van der Waals surface area contributed by atoms with Crippen LogP contribution in [-0.4, -0.2) is 37.2 Å². The Hall–Kier alpha value is -3.67. The van der Waals surface area contributed by atoms with Crippen LogP contribution in [0.2, 0.25) is 0 Å². The maximum absolute atomic E-state index is 12.9. The third kappa shape index (κ3) is 63.2. The zero-order valence-electron chi connectivity index (χ0n) is 51.4. The van der Waals surface area contributed by atoms with Gasteiger partial charge in [-0.1, -0.05) is 279 Å². The summed E-state index contributed by atoms with van der Waals surface area (Å²) in [4.78, 5) is 38.4. The van der Waals surface area contributed by atoms with Crippen LogP contribution in [0.4, 0.5) is 0 Å². The molecule has 0 aromatic heterocycles. The SMILES string of the molecule is CC/C=C\C/C=C\C/C=C\C/C=C\C/C=C\CCCCCCCCCCCCCC(=O)OCC(COC(=O)CCCCCCC/C=C\C/C=C\CCCCCC)OC(=O)CCCCCCCCC/C=C\CCCCCCCC. The molecule has 0 saturated carbocycles. The van der Waals surface area contributed by atoms with Crippen molar-refractivity contribution in [1.29, 1.82) is 0 Å². The molecule has 0 aromatic carbocycles. The van der Waals surface area contributed by atoms with E-state index in [-0.39, 0.29) is 31.1 Å². The topological polar surface area (TPSA) is 78.9 Å². The van der Waals surface area contributed by atoms with Crippen molar-refractivity contribution in [2.45, 2.75) is 329 Å². The predicted octanol–water partition coefficient (Wildman–Crippen LogP) is 22.8. The lowest BCUT2D eigenvalue weighted by molar-refractivity contribution is -0.167. The Morgan fingerprint density at radius 2 is 0.500 bits per heavy atom. The van der Waals surface area contributed by atoms with E-state index in [1.807, 2.05) is 0 Å². The lowest BCUT2D eigenvalue weighted by atomic mass is 10.0. The largest absolute Gasteiger partial charge is 0.462 e. The molecule has 6 heteroatoms. The Morgan fingerprint density at radius 1 is 0.269 bits per heavy atom. The van der Waals surface area contributed by atoms with Gasteiger partial charge in [0.25, 0.3) is 0 Å². The molecule has 0 aliphatic rings. The quantitative estimate of drug-likeness (QED) is 0.0261. The normalized spacial score (nSPS) is 12.7. The van der Waals surface area contributed by atoms with Gasteiger partial charge >= 0.3 is 17.9 Å². The van der Waals surface area contributed by atoms with Crippen LogP contribution >= 0.6 is 0 Å². The van der Waals surface area contributed by atoms with Crippen LogP contribution in [-0.2, 0) is 28.6 Å². The van der Waals surface area contributed by atoms with Gasteiger partial charge in [0.15, 0.2) is 6.10 Å². The summed E-state index contributed by atoms with van der Waals surface area (Å²) in [5.41, 5.74) is 0. The van der Waals surface area contributed by atoms with E-state index in [4.69, 9.17) is 14.2 Å². The molecule has 0 heterocycles. The smallest absolute Gasteiger partial charge is 0.306 e. The highest BCUT2D eigenvalue weighted by atomic mass is 16.6. The average molecular weight is 1090 g/mol. The highest BCUT2D eigenvalue weighted by Gasteiger charge is 2.19. The zero-order chi connectivity index (χ0) is 56.4. The first-order valence-corrected chi connectivity index (χ1v) is 33.2. The monoisotopic (exact) mass is 1080 g/mol.